The Labute approximate surface area is 131 Å². The van der Waals surface area contributed by atoms with Crippen LogP contribution in [0.4, 0.5) is 0 Å². The molecule has 0 aliphatic heterocycles. The first-order chi connectivity index (χ1) is 10.0. The van der Waals surface area contributed by atoms with Crippen LogP contribution in [0.25, 0.3) is 0 Å². The van der Waals surface area contributed by atoms with Crippen molar-refractivity contribution in [2.75, 3.05) is 7.11 Å². The zero-order valence-corrected chi connectivity index (χ0v) is 13.8. The van der Waals surface area contributed by atoms with Crippen molar-refractivity contribution < 1.29 is 9.47 Å². The van der Waals surface area contributed by atoms with Gasteiger partial charge in [0.2, 0.25) is 0 Å². The van der Waals surface area contributed by atoms with E-state index in [2.05, 4.69) is 32.9 Å². The zero-order valence-electron chi connectivity index (χ0n) is 13.0. The van der Waals surface area contributed by atoms with Crippen LogP contribution in [0.2, 0.25) is 0 Å². The highest BCUT2D eigenvalue weighted by Crippen LogP contribution is 2.27. The summed E-state index contributed by atoms with van der Waals surface area (Å²) >= 11 is 5.99. The van der Waals surface area contributed by atoms with Crippen molar-refractivity contribution >= 4 is 11.6 Å². The fourth-order valence-electron chi connectivity index (χ4n) is 2.52. The molecule has 2 rings (SSSR count). The van der Waals surface area contributed by atoms with Gasteiger partial charge in [0.1, 0.15) is 18.1 Å². The summed E-state index contributed by atoms with van der Waals surface area (Å²) in [6, 6.07) is 10.1. The number of halogens is 1. The van der Waals surface area contributed by atoms with Crippen LogP contribution in [-0.2, 0) is 12.5 Å². The van der Waals surface area contributed by atoms with Crippen molar-refractivity contribution in [1.82, 2.24) is 0 Å². The van der Waals surface area contributed by atoms with Gasteiger partial charge in [-0.25, -0.2) is 0 Å². The van der Waals surface area contributed by atoms with E-state index in [1.165, 1.54) is 22.3 Å². The first kappa shape index (κ1) is 15.7. The van der Waals surface area contributed by atoms with Gasteiger partial charge in [-0.1, -0.05) is 17.7 Å². The largest absolute Gasteiger partial charge is 0.497 e. The van der Waals surface area contributed by atoms with Gasteiger partial charge in [-0.15, -0.1) is 11.6 Å². The molecule has 0 saturated heterocycles. The number of benzene rings is 2. The molecule has 0 unspecified atom stereocenters. The number of methoxy groups -OCH3 is 1. The van der Waals surface area contributed by atoms with Crippen LogP contribution >= 0.6 is 11.6 Å². The van der Waals surface area contributed by atoms with E-state index >= 15 is 0 Å². The lowest BCUT2D eigenvalue weighted by molar-refractivity contribution is 0.301. The lowest BCUT2D eigenvalue weighted by Crippen LogP contribution is -2.03. The van der Waals surface area contributed by atoms with Crippen LogP contribution < -0.4 is 9.47 Å². The molecule has 2 nitrogen and oxygen atoms in total. The van der Waals surface area contributed by atoms with E-state index in [0.29, 0.717) is 12.5 Å². The molecular weight excluding hydrogens is 284 g/mol. The standard InChI is InChI=1S/C18H21ClO2/c1-12-7-13(2)17(14(3)8-12)11-21-18-6-5-16(20-4)9-15(18)10-19/h5-9H,10-11H2,1-4H3. The highest BCUT2D eigenvalue weighted by Gasteiger charge is 2.08. The van der Waals surface area contributed by atoms with E-state index in [0.717, 1.165) is 17.1 Å². The second-order valence-corrected chi connectivity index (χ2v) is 5.54. The lowest BCUT2D eigenvalue weighted by atomic mass is 10.0. The molecule has 2 aromatic carbocycles. The zero-order chi connectivity index (χ0) is 15.4. The van der Waals surface area contributed by atoms with Crippen LogP contribution in [-0.4, -0.2) is 7.11 Å². The Kier molecular flexibility index (Phi) is 5.13. The Hall–Kier alpha value is -1.67. The maximum Gasteiger partial charge on any atom is 0.124 e. The van der Waals surface area contributed by atoms with E-state index < -0.39 is 0 Å². The minimum atomic E-state index is 0.401. The lowest BCUT2D eigenvalue weighted by Gasteiger charge is -2.15. The van der Waals surface area contributed by atoms with Crippen LogP contribution in [0.3, 0.4) is 0 Å². The van der Waals surface area contributed by atoms with Crippen molar-refractivity contribution in [3.05, 3.63) is 58.1 Å². The number of aryl methyl sites for hydroxylation is 3. The number of ether oxygens (including phenoxy) is 2. The van der Waals surface area contributed by atoms with E-state index in [4.69, 9.17) is 21.1 Å². The van der Waals surface area contributed by atoms with Crippen molar-refractivity contribution in [3.63, 3.8) is 0 Å². The van der Waals surface area contributed by atoms with Gasteiger partial charge in [0.15, 0.2) is 0 Å². The average Bonchev–Trinajstić information content (AvgIpc) is 2.46. The SMILES string of the molecule is COc1ccc(OCc2c(C)cc(C)cc2C)c(CCl)c1. The molecule has 0 aliphatic carbocycles. The summed E-state index contributed by atoms with van der Waals surface area (Å²) in [5.41, 5.74) is 5.97. The normalized spacial score (nSPS) is 10.5. The summed E-state index contributed by atoms with van der Waals surface area (Å²) < 4.78 is 11.2. The molecule has 0 amide bonds. The third-order valence-corrected chi connectivity index (χ3v) is 3.91. The van der Waals surface area contributed by atoms with E-state index in [1.807, 2.05) is 18.2 Å². The molecule has 0 N–H and O–H groups in total. The summed E-state index contributed by atoms with van der Waals surface area (Å²) in [5.74, 6) is 2.00. The van der Waals surface area contributed by atoms with Gasteiger partial charge in [-0.05, 0) is 55.7 Å². The molecule has 0 atom stereocenters. The number of rotatable bonds is 5. The molecule has 0 aliphatic rings. The molecule has 0 fully saturated rings. The molecule has 112 valence electrons. The third kappa shape index (κ3) is 3.70. The summed E-state index contributed by atoms with van der Waals surface area (Å²) in [6.45, 7) is 6.90. The van der Waals surface area contributed by atoms with Crippen molar-refractivity contribution in [1.29, 1.82) is 0 Å². The molecular formula is C18H21ClO2. The quantitative estimate of drug-likeness (QED) is 0.729. The van der Waals surface area contributed by atoms with E-state index in [-0.39, 0.29) is 0 Å². The van der Waals surface area contributed by atoms with Crippen LogP contribution in [0.15, 0.2) is 30.3 Å². The van der Waals surface area contributed by atoms with E-state index in [9.17, 15) is 0 Å². The Bertz CT molecular complexity index is 612. The first-order valence-electron chi connectivity index (χ1n) is 6.97. The van der Waals surface area contributed by atoms with Crippen molar-refractivity contribution in [2.45, 2.75) is 33.3 Å². The number of hydrogen-bond acceptors (Lipinski definition) is 2. The van der Waals surface area contributed by atoms with Gasteiger partial charge >= 0.3 is 0 Å². The van der Waals surface area contributed by atoms with Crippen molar-refractivity contribution in [3.8, 4) is 11.5 Å². The third-order valence-electron chi connectivity index (χ3n) is 3.62. The van der Waals surface area contributed by atoms with E-state index in [1.54, 1.807) is 7.11 Å². The fraction of sp³-hybridized carbons (Fsp3) is 0.333. The summed E-state index contributed by atoms with van der Waals surface area (Å²) in [4.78, 5) is 0. The van der Waals surface area contributed by atoms with Crippen LogP contribution in [0, 0.1) is 20.8 Å². The van der Waals surface area contributed by atoms with Gasteiger partial charge in [-0.3, -0.25) is 0 Å². The maximum absolute atomic E-state index is 5.99. The molecule has 2 aromatic rings. The Morgan fingerprint density at radius 3 is 2.24 bits per heavy atom. The molecule has 0 bridgehead atoms. The number of alkyl halides is 1. The first-order valence-corrected chi connectivity index (χ1v) is 7.51. The molecule has 0 saturated carbocycles. The van der Waals surface area contributed by atoms with Crippen LogP contribution in [0.5, 0.6) is 11.5 Å². The van der Waals surface area contributed by atoms with Gasteiger partial charge in [0.25, 0.3) is 0 Å². The van der Waals surface area contributed by atoms with Crippen molar-refractivity contribution in [2.24, 2.45) is 0 Å². The molecule has 0 aromatic heterocycles. The molecule has 0 radical (unpaired) electrons. The predicted octanol–water partition coefficient (Wildman–Crippen LogP) is 4.94. The molecule has 21 heavy (non-hydrogen) atoms. The number of hydrogen-bond donors (Lipinski definition) is 0. The predicted molar refractivity (Wildman–Crippen MR) is 87.5 cm³/mol. The van der Waals surface area contributed by atoms with Gasteiger partial charge in [0.05, 0.1) is 13.0 Å². The topological polar surface area (TPSA) is 18.5 Å². The smallest absolute Gasteiger partial charge is 0.124 e. The summed E-state index contributed by atoms with van der Waals surface area (Å²) in [7, 11) is 1.65. The summed E-state index contributed by atoms with van der Waals surface area (Å²) in [5, 5.41) is 0. The highest BCUT2D eigenvalue weighted by molar-refractivity contribution is 6.17. The van der Waals surface area contributed by atoms with Gasteiger partial charge in [0, 0.05) is 5.56 Å². The minimum absolute atomic E-state index is 0.401. The Balaban J connectivity index is 2.20. The second kappa shape index (κ2) is 6.86. The van der Waals surface area contributed by atoms with Gasteiger partial charge < -0.3 is 9.47 Å². The monoisotopic (exact) mass is 304 g/mol. The van der Waals surface area contributed by atoms with Crippen LogP contribution in [0.1, 0.15) is 27.8 Å². The Morgan fingerprint density at radius 1 is 1.00 bits per heavy atom. The molecule has 3 heteroatoms. The average molecular weight is 305 g/mol. The highest BCUT2D eigenvalue weighted by atomic mass is 35.5. The minimum Gasteiger partial charge on any atom is -0.497 e. The van der Waals surface area contributed by atoms with Gasteiger partial charge in [-0.2, -0.15) is 0 Å². The maximum atomic E-state index is 5.99. The fourth-order valence-corrected chi connectivity index (χ4v) is 2.72. The molecule has 0 heterocycles. The Morgan fingerprint density at radius 2 is 1.67 bits per heavy atom. The molecule has 0 spiro atoms. The second-order valence-electron chi connectivity index (χ2n) is 5.27. The summed E-state index contributed by atoms with van der Waals surface area (Å²) in [6.07, 6.45) is 0.